The average Bonchev–Trinajstić information content (AvgIpc) is 2.55. The highest BCUT2D eigenvalue weighted by molar-refractivity contribution is 7.99. The molecule has 2 aliphatic heterocycles. The third-order valence-electron chi connectivity index (χ3n) is 2.82. The molecular weight excluding hydrogens is 256 g/mol. The van der Waals surface area contributed by atoms with Crippen molar-refractivity contribution in [3.05, 3.63) is 0 Å². The van der Waals surface area contributed by atoms with Gasteiger partial charge in [0.25, 0.3) is 5.91 Å². The van der Waals surface area contributed by atoms with E-state index in [1.165, 1.54) is 0 Å². The Morgan fingerprint density at radius 3 is 2.33 bits per heavy atom. The van der Waals surface area contributed by atoms with Crippen molar-refractivity contribution < 1.29 is 19.5 Å². The molecule has 0 aliphatic carbocycles. The molecule has 2 saturated heterocycles. The monoisotopic (exact) mass is 274 g/mol. The zero-order valence-electron chi connectivity index (χ0n) is 10.3. The summed E-state index contributed by atoms with van der Waals surface area (Å²) < 4.78 is 0. The van der Waals surface area contributed by atoms with Crippen molar-refractivity contribution in [3.63, 3.8) is 0 Å². The van der Waals surface area contributed by atoms with Gasteiger partial charge in [-0.05, 0) is 30.8 Å². The quantitative estimate of drug-likeness (QED) is 0.652. The van der Waals surface area contributed by atoms with Crippen molar-refractivity contribution in [2.75, 3.05) is 11.5 Å². The maximum absolute atomic E-state index is 11.4. The predicted molar refractivity (Wildman–Crippen MR) is 68.5 cm³/mol. The van der Waals surface area contributed by atoms with Gasteiger partial charge in [-0.15, -0.1) is 0 Å². The molecule has 3 amide bonds. The molecular formula is C11H18N2O4S. The molecule has 2 heterocycles. The number of carbonyl (C=O) groups is 3. The Balaban J connectivity index is 0.000000232. The lowest BCUT2D eigenvalue weighted by Gasteiger charge is -2.29. The van der Waals surface area contributed by atoms with Crippen LogP contribution in [-0.4, -0.2) is 40.1 Å². The van der Waals surface area contributed by atoms with E-state index >= 15 is 0 Å². The Labute approximate surface area is 110 Å². The van der Waals surface area contributed by atoms with Crippen LogP contribution in [0, 0.1) is 0 Å². The van der Waals surface area contributed by atoms with E-state index in [2.05, 4.69) is 10.6 Å². The van der Waals surface area contributed by atoms with E-state index in [4.69, 9.17) is 5.11 Å². The predicted octanol–water partition coefficient (Wildman–Crippen LogP) is 0.963. The largest absolute Gasteiger partial charge is 0.481 e. The van der Waals surface area contributed by atoms with Crippen molar-refractivity contribution in [1.29, 1.82) is 0 Å². The van der Waals surface area contributed by atoms with Gasteiger partial charge in [0, 0.05) is 6.42 Å². The van der Waals surface area contributed by atoms with Crippen LogP contribution in [0.25, 0.3) is 0 Å². The third-order valence-corrected chi connectivity index (χ3v) is 3.81. The van der Waals surface area contributed by atoms with Gasteiger partial charge in [0.1, 0.15) is 5.54 Å². The van der Waals surface area contributed by atoms with Gasteiger partial charge >= 0.3 is 12.0 Å². The van der Waals surface area contributed by atoms with Crippen LogP contribution in [0.15, 0.2) is 0 Å². The molecule has 0 aromatic rings. The van der Waals surface area contributed by atoms with Gasteiger partial charge in [0.2, 0.25) is 0 Å². The Bertz CT molecular complexity index is 340. The number of amides is 3. The second-order valence-electron chi connectivity index (χ2n) is 4.25. The maximum atomic E-state index is 11.4. The standard InChI is InChI=1S/C7H10N2O2S.C4H8O2/c10-5-7(9-6(11)8-5)1-3-12-4-2-7;1-2-3-4(5)6/h1-4H2,(H2,8,9,10,11);2-3H2,1H3,(H,5,6). The third kappa shape index (κ3) is 3.90. The lowest BCUT2D eigenvalue weighted by molar-refractivity contribution is -0.137. The minimum absolute atomic E-state index is 0.146. The molecule has 18 heavy (non-hydrogen) atoms. The van der Waals surface area contributed by atoms with Crippen LogP contribution in [0.4, 0.5) is 4.79 Å². The normalized spacial score (nSPS) is 20.7. The topological polar surface area (TPSA) is 95.5 Å². The van der Waals surface area contributed by atoms with E-state index < -0.39 is 11.5 Å². The lowest BCUT2D eigenvalue weighted by atomic mass is 9.93. The highest BCUT2D eigenvalue weighted by Crippen LogP contribution is 2.29. The summed E-state index contributed by atoms with van der Waals surface area (Å²) in [6, 6.07) is -0.341. The molecule has 0 saturated carbocycles. The van der Waals surface area contributed by atoms with E-state index in [9.17, 15) is 14.4 Å². The number of imide groups is 1. The van der Waals surface area contributed by atoms with Gasteiger partial charge in [0.05, 0.1) is 0 Å². The summed E-state index contributed by atoms with van der Waals surface area (Å²) in [5.41, 5.74) is -0.567. The van der Waals surface area contributed by atoms with E-state index in [1.54, 1.807) is 0 Å². The number of hydrogen-bond donors (Lipinski definition) is 3. The summed E-state index contributed by atoms with van der Waals surface area (Å²) >= 11 is 1.83. The molecule has 6 nitrogen and oxygen atoms in total. The fraction of sp³-hybridized carbons (Fsp3) is 0.727. The van der Waals surface area contributed by atoms with Crippen LogP contribution in [0.3, 0.4) is 0 Å². The van der Waals surface area contributed by atoms with Crippen LogP contribution in [0.1, 0.15) is 32.6 Å². The second kappa shape index (κ2) is 6.63. The molecule has 2 rings (SSSR count). The van der Waals surface area contributed by atoms with E-state index in [0.717, 1.165) is 30.8 Å². The first kappa shape index (κ1) is 14.8. The first-order valence-corrected chi connectivity index (χ1v) is 7.09. The van der Waals surface area contributed by atoms with Crippen molar-refractivity contribution in [2.24, 2.45) is 0 Å². The van der Waals surface area contributed by atoms with Crippen molar-refractivity contribution in [2.45, 2.75) is 38.1 Å². The Morgan fingerprint density at radius 2 is 2.00 bits per heavy atom. The first-order chi connectivity index (χ1) is 8.50. The fourth-order valence-electron chi connectivity index (χ4n) is 1.81. The number of hydrogen-bond acceptors (Lipinski definition) is 4. The molecule has 0 atom stereocenters. The summed E-state index contributed by atoms with van der Waals surface area (Å²) in [7, 11) is 0. The van der Waals surface area contributed by atoms with Crippen molar-refractivity contribution in [1.82, 2.24) is 10.6 Å². The number of carbonyl (C=O) groups excluding carboxylic acids is 2. The van der Waals surface area contributed by atoms with Crippen molar-refractivity contribution in [3.8, 4) is 0 Å². The number of aliphatic carboxylic acids is 1. The van der Waals surface area contributed by atoms with Crippen LogP contribution in [-0.2, 0) is 9.59 Å². The number of carboxylic acids is 1. The summed E-state index contributed by atoms with van der Waals surface area (Å²) in [5, 5.41) is 12.9. The van der Waals surface area contributed by atoms with E-state index in [-0.39, 0.29) is 11.9 Å². The lowest BCUT2D eigenvalue weighted by Crippen LogP contribution is -2.49. The van der Waals surface area contributed by atoms with Crippen LogP contribution < -0.4 is 10.6 Å². The summed E-state index contributed by atoms with van der Waals surface area (Å²) in [6.07, 6.45) is 2.54. The number of urea groups is 1. The number of nitrogens with one attached hydrogen (secondary N) is 2. The molecule has 0 bridgehead atoms. The zero-order chi connectivity index (χ0) is 13.6. The van der Waals surface area contributed by atoms with Crippen LogP contribution in [0.5, 0.6) is 0 Å². The molecule has 7 heteroatoms. The molecule has 0 radical (unpaired) electrons. The van der Waals surface area contributed by atoms with Crippen LogP contribution in [0.2, 0.25) is 0 Å². The van der Waals surface area contributed by atoms with Gasteiger partial charge < -0.3 is 10.4 Å². The molecule has 102 valence electrons. The summed E-state index contributed by atoms with van der Waals surface area (Å²) in [5.74, 6) is 1.05. The highest BCUT2D eigenvalue weighted by Gasteiger charge is 2.46. The van der Waals surface area contributed by atoms with Gasteiger partial charge in [-0.3, -0.25) is 14.9 Å². The zero-order valence-corrected chi connectivity index (χ0v) is 11.1. The molecule has 0 aromatic carbocycles. The minimum Gasteiger partial charge on any atom is -0.481 e. The number of rotatable bonds is 2. The first-order valence-electron chi connectivity index (χ1n) is 5.93. The molecule has 2 aliphatic rings. The fourth-order valence-corrected chi connectivity index (χ4v) is 3.00. The van der Waals surface area contributed by atoms with Crippen LogP contribution >= 0.6 is 11.8 Å². The van der Waals surface area contributed by atoms with Gasteiger partial charge in [-0.1, -0.05) is 6.92 Å². The SMILES string of the molecule is CCCC(=O)O.O=C1NC(=O)C2(CCSCC2)N1. The van der Waals surface area contributed by atoms with Gasteiger partial charge in [-0.25, -0.2) is 4.79 Å². The minimum atomic E-state index is -0.711. The number of thioether (sulfide) groups is 1. The number of carboxylic acid groups (broad SMARTS) is 1. The Kier molecular flexibility index (Phi) is 5.46. The molecule has 3 N–H and O–H groups in total. The molecule has 0 unspecified atom stereocenters. The van der Waals surface area contributed by atoms with Gasteiger partial charge in [-0.2, -0.15) is 11.8 Å². The van der Waals surface area contributed by atoms with Gasteiger partial charge in [0.15, 0.2) is 0 Å². The Morgan fingerprint density at radius 1 is 1.39 bits per heavy atom. The molecule has 2 fully saturated rings. The maximum Gasteiger partial charge on any atom is 0.322 e. The van der Waals surface area contributed by atoms with E-state index in [1.807, 2.05) is 18.7 Å². The average molecular weight is 274 g/mol. The summed E-state index contributed by atoms with van der Waals surface area (Å²) in [4.78, 5) is 31.8. The highest BCUT2D eigenvalue weighted by atomic mass is 32.2. The Hall–Kier alpha value is -1.24. The molecule has 0 aromatic heterocycles. The van der Waals surface area contributed by atoms with Crippen molar-refractivity contribution >= 4 is 29.7 Å². The summed E-state index contributed by atoms with van der Waals surface area (Å²) in [6.45, 7) is 1.84. The smallest absolute Gasteiger partial charge is 0.322 e. The molecule has 1 spiro atoms. The van der Waals surface area contributed by atoms with E-state index in [0.29, 0.717) is 6.42 Å². The second-order valence-corrected chi connectivity index (χ2v) is 5.47.